The molecule has 146 valence electrons. The summed E-state index contributed by atoms with van der Waals surface area (Å²) in [7, 11) is 0. The van der Waals surface area contributed by atoms with Gasteiger partial charge < -0.3 is 14.6 Å². The van der Waals surface area contributed by atoms with E-state index in [2.05, 4.69) is 69.8 Å². The topological polar surface area (TPSA) is 42.3 Å². The first-order chi connectivity index (χ1) is 13.9. The van der Waals surface area contributed by atoms with Gasteiger partial charge in [0.1, 0.15) is 0 Å². The summed E-state index contributed by atoms with van der Waals surface area (Å²) in [6, 6.07) is 19.3. The fourth-order valence-corrected chi connectivity index (χ4v) is 3.65. The van der Waals surface area contributed by atoms with Gasteiger partial charge in [-0.1, -0.05) is 42.5 Å². The standard InChI is InChI=1S/C23H28N4O/c1-2-5-21(6-3-1)17-26-12-4-14-28-23(18-26)16-25-15-20-7-9-22(10-8-20)27-13-11-24-19-27/h1-3,5-11,13,19,23,25H,4,12,14-18H2. The van der Waals surface area contributed by atoms with Gasteiger partial charge in [-0.25, -0.2) is 4.98 Å². The Morgan fingerprint density at radius 3 is 2.68 bits per heavy atom. The molecule has 0 aliphatic carbocycles. The zero-order chi connectivity index (χ0) is 19.0. The van der Waals surface area contributed by atoms with Crippen LogP contribution in [-0.4, -0.2) is 46.8 Å². The van der Waals surface area contributed by atoms with Crippen LogP contribution in [0.1, 0.15) is 17.5 Å². The van der Waals surface area contributed by atoms with Gasteiger partial charge in [-0.15, -0.1) is 0 Å². The average molecular weight is 377 g/mol. The van der Waals surface area contributed by atoms with E-state index in [1.54, 1.807) is 6.20 Å². The number of aromatic nitrogens is 2. The molecule has 1 fully saturated rings. The molecule has 4 rings (SSSR count). The molecular formula is C23H28N4O. The lowest BCUT2D eigenvalue weighted by Crippen LogP contribution is -2.37. The van der Waals surface area contributed by atoms with Gasteiger partial charge in [0, 0.05) is 57.4 Å². The highest BCUT2D eigenvalue weighted by Gasteiger charge is 2.18. The minimum Gasteiger partial charge on any atom is -0.376 e. The minimum absolute atomic E-state index is 0.233. The molecule has 28 heavy (non-hydrogen) atoms. The van der Waals surface area contributed by atoms with E-state index in [1.165, 1.54) is 11.1 Å². The maximum Gasteiger partial charge on any atom is 0.0991 e. The molecule has 0 radical (unpaired) electrons. The molecular weight excluding hydrogens is 348 g/mol. The number of nitrogens with zero attached hydrogens (tertiary/aromatic N) is 3. The first-order valence-electron chi connectivity index (χ1n) is 10.0. The molecule has 3 aromatic rings. The van der Waals surface area contributed by atoms with Gasteiger partial charge in [0.2, 0.25) is 0 Å². The summed E-state index contributed by atoms with van der Waals surface area (Å²) in [4.78, 5) is 6.60. The van der Waals surface area contributed by atoms with Crippen LogP contribution in [0.2, 0.25) is 0 Å². The zero-order valence-electron chi connectivity index (χ0n) is 16.2. The second-order valence-corrected chi connectivity index (χ2v) is 7.33. The summed E-state index contributed by atoms with van der Waals surface area (Å²) in [5.41, 5.74) is 3.78. The van der Waals surface area contributed by atoms with Crippen LogP contribution >= 0.6 is 0 Å². The molecule has 1 N–H and O–H groups in total. The highest BCUT2D eigenvalue weighted by molar-refractivity contribution is 5.34. The van der Waals surface area contributed by atoms with E-state index in [-0.39, 0.29) is 6.10 Å². The normalized spacial score (nSPS) is 18.1. The number of imidazole rings is 1. The van der Waals surface area contributed by atoms with Crippen LogP contribution in [0.4, 0.5) is 0 Å². The third-order valence-corrected chi connectivity index (χ3v) is 5.12. The number of benzene rings is 2. The van der Waals surface area contributed by atoms with Gasteiger partial charge in [-0.2, -0.15) is 0 Å². The van der Waals surface area contributed by atoms with E-state index < -0.39 is 0 Å². The van der Waals surface area contributed by atoms with E-state index in [4.69, 9.17) is 4.74 Å². The van der Waals surface area contributed by atoms with Gasteiger partial charge in [-0.05, 0) is 29.7 Å². The van der Waals surface area contributed by atoms with E-state index >= 15 is 0 Å². The van der Waals surface area contributed by atoms with Crippen molar-refractivity contribution >= 4 is 0 Å². The van der Waals surface area contributed by atoms with Crippen molar-refractivity contribution in [3.8, 4) is 5.69 Å². The van der Waals surface area contributed by atoms with Gasteiger partial charge in [0.05, 0.1) is 12.4 Å². The second-order valence-electron chi connectivity index (χ2n) is 7.33. The average Bonchev–Trinajstić information content (AvgIpc) is 3.18. The molecule has 1 aliphatic rings. The van der Waals surface area contributed by atoms with Crippen molar-refractivity contribution in [1.82, 2.24) is 19.8 Å². The maximum absolute atomic E-state index is 6.06. The Balaban J connectivity index is 1.25. The lowest BCUT2D eigenvalue weighted by atomic mass is 10.2. The van der Waals surface area contributed by atoms with Crippen LogP contribution in [-0.2, 0) is 17.8 Å². The highest BCUT2D eigenvalue weighted by Crippen LogP contribution is 2.12. The number of hydrogen-bond acceptors (Lipinski definition) is 4. The summed E-state index contributed by atoms with van der Waals surface area (Å²) in [6.45, 7) is 5.63. The van der Waals surface area contributed by atoms with Crippen LogP contribution in [0.15, 0.2) is 73.3 Å². The van der Waals surface area contributed by atoms with Crippen molar-refractivity contribution in [2.24, 2.45) is 0 Å². The van der Waals surface area contributed by atoms with Crippen molar-refractivity contribution in [3.05, 3.63) is 84.4 Å². The summed E-state index contributed by atoms with van der Waals surface area (Å²) in [5, 5.41) is 3.57. The number of nitrogens with one attached hydrogen (secondary N) is 1. The third kappa shape index (κ3) is 5.29. The molecule has 0 amide bonds. The van der Waals surface area contributed by atoms with Gasteiger partial charge in [0.15, 0.2) is 0 Å². The molecule has 1 aromatic heterocycles. The molecule has 1 unspecified atom stereocenters. The Kier molecular flexibility index (Phi) is 6.50. The second kappa shape index (κ2) is 9.64. The van der Waals surface area contributed by atoms with Crippen molar-refractivity contribution < 1.29 is 4.74 Å². The van der Waals surface area contributed by atoms with Gasteiger partial charge in [-0.3, -0.25) is 4.90 Å². The van der Waals surface area contributed by atoms with E-state index in [1.807, 2.05) is 17.1 Å². The van der Waals surface area contributed by atoms with E-state index in [0.717, 1.165) is 51.4 Å². The highest BCUT2D eigenvalue weighted by atomic mass is 16.5. The fourth-order valence-electron chi connectivity index (χ4n) is 3.65. The predicted octanol–water partition coefficient (Wildman–Crippen LogP) is 3.25. The number of ether oxygens (including phenoxy) is 1. The maximum atomic E-state index is 6.06. The number of hydrogen-bond donors (Lipinski definition) is 1. The minimum atomic E-state index is 0.233. The molecule has 1 saturated heterocycles. The van der Waals surface area contributed by atoms with Crippen molar-refractivity contribution in [3.63, 3.8) is 0 Å². The monoisotopic (exact) mass is 376 g/mol. The molecule has 1 aliphatic heterocycles. The molecule has 0 spiro atoms. The van der Waals surface area contributed by atoms with E-state index in [0.29, 0.717) is 0 Å². The largest absolute Gasteiger partial charge is 0.376 e. The quantitative estimate of drug-likeness (QED) is 0.687. The Bertz CT molecular complexity index is 818. The Morgan fingerprint density at radius 2 is 1.89 bits per heavy atom. The Labute approximate surface area is 167 Å². The lowest BCUT2D eigenvalue weighted by molar-refractivity contribution is 0.0533. The van der Waals surface area contributed by atoms with Crippen LogP contribution in [0, 0.1) is 0 Å². The Morgan fingerprint density at radius 1 is 1.04 bits per heavy atom. The smallest absolute Gasteiger partial charge is 0.0991 e. The Hall–Kier alpha value is -2.47. The van der Waals surface area contributed by atoms with Crippen LogP contribution in [0.3, 0.4) is 0 Å². The van der Waals surface area contributed by atoms with E-state index in [9.17, 15) is 0 Å². The van der Waals surface area contributed by atoms with Crippen molar-refractivity contribution in [2.75, 3.05) is 26.2 Å². The lowest BCUT2D eigenvalue weighted by Gasteiger charge is -2.24. The summed E-state index contributed by atoms with van der Waals surface area (Å²) < 4.78 is 8.07. The summed E-state index contributed by atoms with van der Waals surface area (Å²) in [6.07, 6.45) is 6.90. The number of rotatable bonds is 7. The van der Waals surface area contributed by atoms with Crippen molar-refractivity contribution in [1.29, 1.82) is 0 Å². The first-order valence-corrected chi connectivity index (χ1v) is 10.0. The SMILES string of the molecule is c1ccc(CN2CCCOC(CNCc3ccc(-n4ccnc4)cc3)C2)cc1. The molecule has 2 aromatic carbocycles. The molecule has 2 heterocycles. The summed E-state index contributed by atoms with van der Waals surface area (Å²) >= 11 is 0. The zero-order valence-corrected chi connectivity index (χ0v) is 16.2. The van der Waals surface area contributed by atoms with Crippen molar-refractivity contribution in [2.45, 2.75) is 25.6 Å². The fraction of sp³-hybridized carbons (Fsp3) is 0.348. The summed E-state index contributed by atoms with van der Waals surface area (Å²) in [5.74, 6) is 0. The van der Waals surface area contributed by atoms with Crippen LogP contribution in [0.25, 0.3) is 5.69 Å². The van der Waals surface area contributed by atoms with Gasteiger partial charge in [0.25, 0.3) is 0 Å². The molecule has 0 bridgehead atoms. The molecule has 5 nitrogen and oxygen atoms in total. The van der Waals surface area contributed by atoms with Crippen LogP contribution in [0.5, 0.6) is 0 Å². The third-order valence-electron chi connectivity index (χ3n) is 5.12. The molecule has 5 heteroatoms. The molecule has 1 atom stereocenters. The van der Waals surface area contributed by atoms with Gasteiger partial charge >= 0.3 is 0 Å². The first kappa shape index (κ1) is 18.9. The molecule has 0 saturated carbocycles. The van der Waals surface area contributed by atoms with Crippen LogP contribution < -0.4 is 5.32 Å². The predicted molar refractivity (Wildman–Crippen MR) is 111 cm³/mol.